The van der Waals surface area contributed by atoms with Crippen molar-refractivity contribution in [3.05, 3.63) is 35.9 Å². The van der Waals surface area contributed by atoms with E-state index in [9.17, 15) is 4.79 Å². The molecule has 0 bridgehead atoms. The lowest BCUT2D eigenvalue weighted by Crippen LogP contribution is -2.48. The Morgan fingerprint density at radius 2 is 1.95 bits per heavy atom. The van der Waals surface area contributed by atoms with E-state index in [1.807, 2.05) is 30.3 Å². The minimum Gasteiger partial charge on any atom is -0.338 e. The number of hydrogen-bond donors (Lipinski definition) is 1. The number of rotatable bonds is 3. The van der Waals surface area contributed by atoms with Crippen LogP contribution >= 0.6 is 0 Å². The predicted molar refractivity (Wildman–Crippen MR) is 80.2 cm³/mol. The summed E-state index contributed by atoms with van der Waals surface area (Å²) in [4.78, 5) is 14.7. The quantitative estimate of drug-likeness (QED) is 0.918. The molecule has 1 saturated heterocycles. The fraction of sp³-hybridized carbons (Fsp3) is 0.588. The SMILES string of the molecule is NC(Cc1ccccc1)C(=O)N1CCC2CCCCC21. The van der Waals surface area contributed by atoms with Crippen LogP contribution in [-0.2, 0) is 11.2 Å². The van der Waals surface area contributed by atoms with E-state index < -0.39 is 6.04 Å². The summed E-state index contributed by atoms with van der Waals surface area (Å²) in [5.74, 6) is 0.889. The van der Waals surface area contributed by atoms with Crippen LogP contribution in [0.4, 0.5) is 0 Å². The van der Waals surface area contributed by atoms with Gasteiger partial charge in [-0.3, -0.25) is 4.79 Å². The molecule has 1 aromatic carbocycles. The smallest absolute Gasteiger partial charge is 0.240 e. The zero-order valence-electron chi connectivity index (χ0n) is 12.0. The number of carbonyl (C=O) groups is 1. The Bertz CT molecular complexity index is 459. The number of likely N-dealkylation sites (tertiary alicyclic amines) is 1. The molecule has 1 aromatic rings. The number of nitrogens with two attached hydrogens (primary N) is 1. The standard InChI is InChI=1S/C17H24N2O/c18-15(12-13-6-2-1-3-7-13)17(20)19-11-10-14-8-4-5-9-16(14)19/h1-3,6-7,14-16H,4-5,8-12,18H2. The Balaban J connectivity index is 1.63. The second-order valence-electron chi connectivity index (χ2n) is 6.23. The molecule has 3 rings (SSSR count). The highest BCUT2D eigenvalue weighted by Crippen LogP contribution is 2.36. The van der Waals surface area contributed by atoms with E-state index >= 15 is 0 Å². The summed E-state index contributed by atoms with van der Waals surface area (Å²) in [5.41, 5.74) is 7.31. The monoisotopic (exact) mass is 272 g/mol. The molecule has 2 fully saturated rings. The highest BCUT2D eigenvalue weighted by molar-refractivity contribution is 5.82. The van der Waals surface area contributed by atoms with E-state index in [2.05, 4.69) is 4.90 Å². The summed E-state index contributed by atoms with van der Waals surface area (Å²) >= 11 is 0. The van der Waals surface area contributed by atoms with Crippen molar-refractivity contribution in [2.75, 3.05) is 6.54 Å². The molecule has 1 saturated carbocycles. The van der Waals surface area contributed by atoms with Crippen molar-refractivity contribution in [3.8, 4) is 0 Å². The van der Waals surface area contributed by atoms with E-state index in [0.29, 0.717) is 12.5 Å². The number of hydrogen-bond acceptors (Lipinski definition) is 2. The van der Waals surface area contributed by atoms with Crippen LogP contribution in [0.2, 0.25) is 0 Å². The van der Waals surface area contributed by atoms with Gasteiger partial charge in [0.2, 0.25) is 5.91 Å². The van der Waals surface area contributed by atoms with Crippen molar-refractivity contribution in [2.24, 2.45) is 11.7 Å². The van der Waals surface area contributed by atoms with Crippen molar-refractivity contribution in [2.45, 2.75) is 50.6 Å². The van der Waals surface area contributed by atoms with Crippen molar-refractivity contribution < 1.29 is 4.79 Å². The second kappa shape index (κ2) is 5.96. The lowest BCUT2D eigenvalue weighted by atomic mass is 9.85. The Morgan fingerprint density at radius 1 is 1.20 bits per heavy atom. The van der Waals surface area contributed by atoms with Crippen LogP contribution in [0.3, 0.4) is 0 Å². The van der Waals surface area contributed by atoms with E-state index in [1.54, 1.807) is 0 Å². The highest BCUT2D eigenvalue weighted by atomic mass is 16.2. The Morgan fingerprint density at radius 3 is 2.75 bits per heavy atom. The van der Waals surface area contributed by atoms with Gasteiger partial charge in [0.1, 0.15) is 0 Å². The number of carbonyl (C=O) groups excluding carboxylic acids is 1. The first-order chi connectivity index (χ1) is 9.75. The lowest BCUT2D eigenvalue weighted by molar-refractivity contribution is -0.134. The molecule has 3 unspecified atom stereocenters. The van der Waals surface area contributed by atoms with Gasteiger partial charge in [0.05, 0.1) is 6.04 Å². The van der Waals surface area contributed by atoms with Gasteiger partial charge in [0.15, 0.2) is 0 Å². The van der Waals surface area contributed by atoms with Crippen LogP contribution in [0.5, 0.6) is 0 Å². The zero-order valence-corrected chi connectivity index (χ0v) is 12.0. The highest BCUT2D eigenvalue weighted by Gasteiger charge is 2.39. The molecule has 2 N–H and O–H groups in total. The van der Waals surface area contributed by atoms with Crippen LogP contribution in [0.15, 0.2) is 30.3 Å². The fourth-order valence-electron chi connectivity index (χ4n) is 3.85. The average molecular weight is 272 g/mol. The summed E-state index contributed by atoms with van der Waals surface area (Å²) in [6.45, 7) is 0.913. The Labute approximate surface area is 121 Å². The number of benzene rings is 1. The number of amides is 1. The molecule has 1 aliphatic carbocycles. The van der Waals surface area contributed by atoms with Crippen LogP contribution in [0.25, 0.3) is 0 Å². The van der Waals surface area contributed by atoms with Gasteiger partial charge in [-0.25, -0.2) is 0 Å². The first-order valence-corrected chi connectivity index (χ1v) is 7.85. The number of fused-ring (bicyclic) bond motifs is 1. The van der Waals surface area contributed by atoms with Gasteiger partial charge in [-0.15, -0.1) is 0 Å². The Hall–Kier alpha value is -1.35. The summed E-state index contributed by atoms with van der Waals surface area (Å²) in [6.07, 6.45) is 6.89. The molecule has 108 valence electrons. The van der Waals surface area contributed by atoms with Gasteiger partial charge in [-0.1, -0.05) is 43.2 Å². The summed E-state index contributed by atoms with van der Waals surface area (Å²) in [6, 6.07) is 10.2. The molecule has 1 aliphatic heterocycles. The molecular formula is C17H24N2O. The fourth-order valence-corrected chi connectivity index (χ4v) is 3.85. The summed E-state index contributed by atoms with van der Waals surface area (Å²) < 4.78 is 0. The molecule has 0 aromatic heterocycles. The van der Waals surface area contributed by atoms with Gasteiger partial charge < -0.3 is 10.6 Å². The minimum atomic E-state index is -0.391. The van der Waals surface area contributed by atoms with Gasteiger partial charge in [0, 0.05) is 12.6 Å². The molecule has 3 heteroatoms. The molecule has 0 radical (unpaired) electrons. The van der Waals surface area contributed by atoms with Crippen LogP contribution in [0, 0.1) is 5.92 Å². The van der Waals surface area contributed by atoms with Gasteiger partial charge >= 0.3 is 0 Å². The van der Waals surface area contributed by atoms with Crippen molar-refractivity contribution in [1.29, 1.82) is 0 Å². The molecule has 20 heavy (non-hydrogen) atoms. The van der Waals surface area contributed by atoms with Crippen molar-refractivity contribution >= 4 is 5.91 Å². The molecule has 1 heterocycles. The maximum Gasteiger partial charge on any atom is 0.240 e. The van der Waals surface area contributed by atoms with E-state index in [1.165, 1.54) is 32.1 Å². The van der Waals surface area contributed by atoms with E-state index in [0.717, 1.165) is 18.0 Å². The third kappa shape index (κ3) is 2.73. The topological polar surface area (TPSA) is 46.3 Å². The third-order valence-corrected chi connectivity index (χ3v) is 4.91. The van der Waals surface area contributed by atoms with E-state index in [4.69, 9.17) is 5.73 Å². The zero-order chi connectivity index (χ0) is 13.9. The minimum absolute atomic E-state index is 0.156. The molecule has 3 nitrogen and oxygen atoms in total. The predicted octanol–water partition coefficient (Wildman–Crippen LogP) is 2.35. The maximum atomic E-state index is 12.6. The molecule has 0 spiro atoms. The van der Waals surface area contributed by atoms with Gasteiger partial charge in [-0.2, -0.15) is 0 Å². The third-order valence-electron chi connectivity index (χ3n) is 4.91. The van der Waals surface area contributed by atoms with Crippen molar-refractivity contribution in [3.63, 3.8) is 0 Å². The second-order valence-corrected chi connectivity index (χ2v) is 6.23. The normalized spacial score (nSPS) is 27.1. The molecule has 1 amide bonds. The van der Waals surface area contributed by atoms with Gasteiger partial charge in [0.25, 0.3) is 0 Å². The van der Waals surface area contributed by atoms with Crippen LogP contribution in [0.1, 0.15) is 37.7 Å². The first-order valence-electron chi connectivity index (χ1n) is 7.85. The summed E-state index contributed by atoms with van der Waals surface area (Å²) in [5, 5.41) is 0. The lowest BCUT2D eigenvalue weighted by Gasteiger charge is -2.33. The van der Waals surface area contributed by atoms with Crippen molar-refractivity contribution in [1.82, 2.24) is 4.90 Å². The number of nitrogens with zero attached hydrogens (tertiary/aromatic N) is 1. The summed E-state index contributed by atoms with van der Waals surface area (Å²) in [7, 11) is 0. The first kappa shape index (κ1) is 13.6. The molecule has 2 aliphatic rings. The largest absolute Gasteiger partial charge is 0.338 e. The maximum absolute atomic E-state index is 12.6. The molecular weight excluding hydrogens is 248 g/mol. The Kier molecular flexibility index (Phi) is 4.06. The van der Waals surface area contributed by atoms with E-state index in [-0.39, 0.29) is 5.91 Å². The van der Waals surface area contributed by atoms with Crippen LogP contribution < -0.4 is 5.73 Å². The molecule has 3 atom stereocenters. The van der Waals surface area contributed by atoms with Crippen LogP contribution in [-0.4, -0.2) is 29.4 Å². The average Bonchev–Trinajstić information content (AvgIpc) is 2.91. The van der Waals surface area contributed by atoms with Gasteiger partial charge in [-0.05, 0) is 37.2 Å².